The summed E-state index contributed by atoms with van der Waals surface area (Å²) in [5, 5.41) is 3.49. The average Bonchev–Trinajstić information content (AvgIpc) is 2.33. The summed E-state index contributed by atoms with van der Waals surface area (Å²) in [6, 6.07) is 0.735. The molecule has 2 unspecified atom stereocenters. The molecule has 0 aromatic carbocycles. The maximum Gasteiger partial charge on any atom is 0.0281 e. The number of fused-ring (bicyclic) bond motifs is 1. The second-order valence-corrected chi connectivity index (χ2v) is 3.05. The molecule has 1 aliphatic heterocycles. The molecule has 1 saturated heterocycles. The molecule has 2 aliphatic rings. The highest BCUT2D eigenvalue weighted by Crippen LogP contribution is 2.25. The van der Waals surface area contributed by atoms with Crippen molar-refractivity contribution < 1.29 is 0 Å². The first-order chi connectivity index (χ1) is 4.47. The number of hydrogen-bond donors (Lipinski definition) is 1. The minimum Gasteiger partial charge on any atom is -0.310 e. The highest BCUT2D eigenvalue weighted by molar-refractivity contribution is 5.06. The van der Waals surface area contributed by atoms with E-state index in [9.17, 15) is 0 Å². The molecule has 50 valence electrons. The van der Waals surface area contributed by atoms with Crippen LogP contribution in [0.15, 0.2) is 12.2 Å². The first kappa shape index (κ1) is 5.48. The third-order valence-electron chi connectivity index (χ3n) is 2.42. The Labute approximate surface area is 56.1 Å². The van der Waals surface area contributed by atoms with Crippen molar-refractivity contribution in [3.05, 3.63) is 12.2 Å². The average molecular weight is 123 g/mol. The van der Waals surface area contributed by atoms with Crippen molar-refractivity contribution in [2.45, 2.75) is 25.3 Å². The van der Waals surface area contributed by atoms with Gasteiger partial charge in [-0.3, -0.25) is 0 Å². The zero-order chi connectivity index (χ0) is 6.10. The lowest BCUT2D eigenvalue weighted by Crippen LogP contribution is -2.37. The summed E-state index contributed by atoms with van der Waals surface area (Å²) < 4.78 is 0. The summed E-state index contributed by atoms with van der Waals surface area (Å²) in [4.78, 5) is 0. The Morgan fingerprint density at radius 1 is 1.44 bits per heavy atom. The first-order valence-corrected chi connectivity index (χ1v) is 3.87. The first-order valence-electron chi connectivity index (χ1n) is 3.87. The van der Waals surface area contributed by atoms with Crippen LogP contribution >= 0.6 is 0 Å². The Bertz CT molecular complexity index is 129. The van der Waals surface area contributed by atoms with Crippen LogP contribution < -0.4 is 5.32 Å². The molecule has 2 atom stereocenters. The summed E-state index contributed by atoms with van der Waals surface area (Å²) in [6.07, 6.45) is 8.77. The van der Waals surface area contributed by atoms with E-state index in [4.69, 9.17) is 0 Å². The van der Waals surface area contributed by atoms with Gasteiger partial charge in [0, 0.05) is 6.04 Å². The quantitative estimate of drug-likeness (QED) is 0.479. The second-order valence-electron chi connectivity index (χ2n) is 3.05. The van der Waals surface area contributed by atoms with Gasteiger partial charge in [-0.05, 0) is 31.7 Å². The largest absolute Gasteiger partial charge is 0.310 e. The molecule has 0 aromatic heterocycles. The van der Waals surface area contributed by atoms with E-state index in [1.54, 1.807) is 0 Å². The maximum atomic E-state index is 3.49. The summed E-state index contributed by atoms with van der Waals surface area (Å²) in [7, 11) is 0. The molecule has 1 nitrogen and oxygen atoms in total. The Kier molecular flexibility index (Phi) is 1.31. The summed E-state index contributed by atoms with van der Waals surface area (Å²) in [5.41, 5.74) is 0. The molecule has 0 spiro atoms. The van der Waals surface area contributed by atoms with Crippen LogP contribution in [0.3, 0.4) is 0 Å². The normalized spacial score (nSPS) is 40.9. The zero-order valence-corrected chi connectivity index (χ0v) is 5.64. The highest BCUT2D eigenvalue weighted by Gasteiger charge is 2.24. The highest BCUT2D eigenvalue weighted by atomic mass is 14.9. The molecular formula is C8H13N. The fraction of sp³-hybridized carbons (Fsp3) is 0.750. The van der Waals surface area contributed by atoms with E-state index in [2.05, 4.69) is 17.5 Å². The molecule has 1 aliphatic carbocycles. The van der Waals surface area contributed by atoms with Gasteiger partial charge in [0.1, 0.15) is 0 Å². The minimum atomic E-state index is 0.735. The van der Waals surface area contributed by atoms with Crippen LogP contribution in [-0.4, -0.2) is 12.6 Å². The third-order valence-corrected chi connectivity index (χ3v) is 2.42. The van der Waals surface area contributed by atoms with Gasteiger partial charge in [-0.1, -0.05) is 12.2 Å². The minimum absolute atomic E-state index is 0.735. The second kappa shape index (κ2) is 2.14. The van der Waals surface area contributed by atoms with Crippen molar-refractivity contribution in [1.82, 2.24) is 5.32 Å². The Morgan fingerprint density at radius 3 is 3.33 bits per heavy atom. The topological polar surface area (TPSA) is 12.0 Å². The molecule has 0 bridgehead atoms. The Morgan fingerprint density at radius 2 is 2.44 bits per heavy atom. The van der Waals surface area contributed by atoms with Crippen molar-refractivity contribution in [1.29, 1.82) is 0 Å². The summed E-state index contributed by atoms with van der Waals surface area (Å²) in [6.45, 7) is 1.23. The number of piperidine rings is 1. The fourth-order valence-corrected chi connectivity index (χ4v) is 1.87. The van der Waals surface area contributed by atoms with Crippen LogP contribution in [0.4, 0.5) is 0 Å². The monoisotopic (exact) mass is 123 g/mol. The lowest BCUT2D eigenvalue weighted by Gasteiger charge is -2.25. The molecule has 0 aromatic rings. The van der Waals surface area contributed by atoms with E-state index in [-0.39, 0.29) is 0 Å². The van der Waals surface area contributed by atoms with Crippen LogP contribution in [-0.2, 0) is 0 Å². The molecule has 1 heteroatoms. The van der Waals surface area contributed by atoms with Gasteiger partial charge in [0.2, 0.25) is 0 Å². The standard InChI is InChI=1S/C8H13N/c1-3-7-4-2-6-9-8(7)5-1/h1,5,7-9H,2-4,6H2. The van der Waals surface area contributed by atoms with E-state index >= 15 is 0 Å². The predicted molar refractivity (Wildman–Crippen MR) is 38.3 cm³/mol. The number of nitrogens with one attached hydrogen (secondary N) is 1. The molecule has 0 radical (unpaired) electrons. The van der Waals surface area contributed by atoms with E-state index in [1.807, 2.05) is 0 Å². The molecule has 9 heavy (non-hydrogen) atoms. The van der Waals surface area contributed by atoms with Crippen LogP contribution in [0.2, 0.25) is 0 Å². The van der Waals surface area contributed by atoms with Gasteiger partial charge in [0.25, 0.3) is 0 Å². The lowest BCUT2D eigenvalue weighted by atomic mass is 9.93. The van der Waals surface area contributed by atoms with Gasteiger partial charge in [-0.15, -0.1) is 0 Å². The van der Waals surface area contributed by atoms with E-state index in [0.717, 1.165) is 12.0 Å². The molecule has 2 rings (SSSR count). The van der Waals surface area contributed by atoms with Gasteiger partial charge in [-0.25, -0.2) is 0 Å². The molecule has 0 amide bonds. The molecule has 1 heterocycles. The van der Waals surface area contributed by atoms with Gasteiger partial charge in [0.05, 0.1) is 0 Å². The van der Waals surface area contributed by atoms with Gasteiger partial charge in [-0.2, -0.15) is 0 Å². The smallest absolute Gasteiger partial charge is 0.0281 e. The van der Waals surface area contributed by atoms with Crippen LogP contribution in [0.1, 0.15) is 19.3 Å². The Hall–Kier alpha value is -0.300. The van der Waals surface area contributed by atoms with Gasteiger partial charge in [0.15, 0.2) is 0 Å². The number of rotatable bonds is 0. The van der Waals surface area contributed by atoms with E-state index in [0.29, 0.717) is 0 Å². The van der Waals surface area contributed by atoms with Crippen molar-refractivity contribution >= 4 is 0 Å². The number of hydrogen-bond acceptors (Lipinski definition) is 1. The van der Waals surface area contributed by atoms with Gasteiger partial charge >= 0.3 is 0 Å². The molecule has 0 saturated carbocycles. The molecule has 1 N–H and O–H groups in total. The third kappa shape index (κ3) is 0.897. The summed E-state index contributed by atoms with van der Waals surface area (Å²) >= 11 is 0. The van der Waals surface area contributed by atoms with E-state index < -0.39 is 0 Å². The number of allylic oxidation sites excluding steroid dienone is 1. The lowest BCUT2D eigenvalue weighted by molar-refractivity contribution is 0.340. The predicted octanol–water partition coefficient (Wildman–Crippen LogP) is 1.31. The fourth-order valence-electron chi connectivity index (χ4n) is 1.87. The van der Waals surface area contributed by atoms with Crippen molar-refractivity contribution in [3.8, 4) is 0 Å². The zero-order valence-electron chi connectivity index (χ0n) is 5.64. The van der Waals surface area contributed by atoms with Crippen molar-refractivity contribution in [2.24, 2.45) is 5.92 Å². The molecular weight excluding hydrogens is 110 g/mol. The van der Waals surface area contributed by atoms with Crippen molar-refractivity contribution in [3.63, 3.8) is 0 Å². The SMILES string of the molecule is C1=CC2NCCCC2C1. The van der Waals surface area contributed by atoms with Crippen LogP contribution in [0.25, 0.3) is 0 Å². The van der Waals surface area contributed by atoms with Crippen LogP contribution in [0.5, 0.6) is 0 Å². The Balaban J connectivity index is 2.03. The van der Waals surface area contributed by atoms with E-state index in [1.165, 1.54) is 25.8 Å². The van der Waals surface area contributed by atoms with Crippen molar-refractivity contribution in [2.75, 3.05) is 6.54 Å². The maximum absolute atomic E-state index is 3.49. The molecule has 1 fully saturated rings. The summed E-state index contributed by atoms with van der Waals surface area (Å²) in [5.74, 6) is 0.943. The van der Waals surface area contributed by atoms with Gasteiger partial charge < -0.3 is 5.32 Å². The van der Waals surface area contributed by atoms with Crippen LogP contribution in [0, 0.1) is 5.92 Å².